The van der Waals surface area contributed by atoms with Gasteiger partial charge in [-0.2, -0.15) is 0 Å². The molecule has 1 saturated heterocycles. The second kappa shape index (κ2) is 7.34. The largest absolute Gasteiger partial charge is 0.504 e. The van der Waals surface area contributed by atoms with Gasteiger partial charge in [-0.3, -0.25) is 14.5 Å². The second-order valence-electron chi connectivity index (χ2n) is 5.30. The van der Waals surface area contributed by atoms with E-state index in [4.69, 9.17) is 10.5 Å². The molecule has 1 fully saturated rings. The zero-order valence-corrected chi connectivity index (χ0v) is 15.9. The summed E-state index contributed by atoms with van der Waals surface area (Å²) in [6, 6.07) is 3.00. The third kappa shape index (κ3) is 3.81. The number of phenols is 1. The number of carbonyl (C=O) groups excluding carboxylic acids is 2. The number of hydrogen-bond donors (Lipinski definition) is 2. The van der Waals surface area contributed by atoms with E-state index in [1.807, 2.05) is 0 Å². The van der Waals surface area contributed by atoms with E-state index in [9.17, 15) is 14.7 Å². The van der Waals surface area contributed by atoms with Crippen molar-refractivity contribution < 1.29 is 19.4 Å². The third-order valence-electron chi connectivity index (χ3n) is 3.43. The van der Waals surface area contributed by atoms with Crippen molar-refractivity contribution >= 4 is 50.6 Å². The average molecular weight is 437 g/mol. The first-order chi connectivity index (χ1) is 12.3. The molecule has 26 heavy (non-hydrogen) atoms. The van der Waals surface area contributed by atoms with Gasteiger partial charge in [0.2, 0.25) is 0 Å². The van der Waals surface area contributed by atoms with Gasteiger partial charge in [0, 0.05) is 11.5 Å². The van der Waals surface area contributed by atoms with Crippen LogP contribution in [0.5, 0.6) is 11.5 Å². The predicted molar refractivity (Wildman–Crippen MR) is 100 cm³/mol. The number of nitrogens with two attached hydrogens (primary N) is 1. The summed E-state index contributed by atoms with van der Waals surface area (Å²) in [5.41, 5.74) is 6.54. The van der Waals surface area contributed by atoms with Crippen LogP contribution in [0.3, 0.4) is 0 Å². The summed E-state index contributed by atoms with van der Waals surface area (Å²) in [6.07, 6.45) is 4.48. The normalized spacial score (nSPS) is 15.8. The Morgan fingerprint density at radius 2 is 2.04 bits per heavy atom. The maximum atomic E-state index is 12.0. The maximum Gasteiger partial charge on any atom is 0.293 e. The van der Waals surface area contributed by atoms with Gasteiger partial charge in [-0.1, -0.05) is 15.9 Å². The Hall–Kier alpha value is -2.59. The number of anilines is 1. The van der Waals surface area contributed by atoms with Crippen LogP contribution in [0.2, 0.25) is 0 Å². The van der Waals surface area contributed by atoms with Gasteiger partial charge in [0.25, 0.3) is 11.1 Å². The highest BCUT2D eigenvalue weighted by atomic mass is 79.9. The SMILES string of the molecule is CN1C(=O)S/C(=C\c2cc(OCc3ncc(N)cn3)c(O)cc2Br)C1=O. The molecule has 1 aromatic heterocycles. The summed E-state index contributed by atoms with van der Waals surface area (Å²) in [4.78, 5) is 33.0. The minimum Gasteiger partial charge on any atom is -0.504 e. The fraction of sp³-hybridized carbons (Fsp3) is 0.125. The number of hydrogen-bond acceptors (Lipinski definition) is 8. The van der Waals surface area contributed by atoms with Crippen LogP contribution in [0, 0.1) is 0 Å². The molecule has 0 unspecified atom stereocenters. The molecule has 0 spiro atoms. The summed E-state index contributed by atoms with van der Waals surface area (Å²) in [5.74, 6) is 0.122. The number of imide groups is 1. The van der Waals surface area contributed by atoms with Crippen LogP contribution in [0.4, 0.5) is 10.5 Å². The lowest BCUT2D eigenvalue weighted by Crippen LogP contribution is -2.22. The van der Waals surface area contributed by atoms with Crippen molar-refractivity contribution in [2.75, 3.05) is 12.8 Å². The van der Waals surface area contributed by atoms with Crippen LogP contribution in [-0.4, -0.2) is 38.2 Å². The molecule has 1 aliphatic rings. The standard InChI is InChI=1S/C16H13BrN4O4S/c1-21-15(23)13(26-16(21)24)3-8-2-12(11(22)4-10(8)17)25-7-14-19-5-9(18)6-20-14/h2-6,22H,7,18H2,1H3/b13-3-. The predicted octanol–water partition coefficient (Wildman–Crippen LogP) is 2.77. The monoisotopic (exact) mass is 436 g/mol. The molecule has 1 aromatic carbocycles. The summed E-state index contributed by atoms with van der Waals surface area (Å²) in [6.45, 7) is 0.0282. The van der Waals surface area contributed by atoms with Gasteiger partial charge in [-0.15, -0.1) is 0 Å². The van der Waals surface area contributed by atoms with Crippen molar-refractivity contribution in [2.45, 2.75) is 6.61 Å². The number of thioether (sulfide) groups is 1. The topological polar surface area (TPSA) is 119 Å². The molecule has 3 rings (SSSR count). The summed E-state index contributed by atoms with van der Waals surface area (Å²) in [5, 5.41) is 9.72. The lowest BCUT2D eigenvalue weighted by molar-refractivity contribution is -0.121. The van der Waals surface area contributed by atoms with E-state index in [-0.39, 0.29) is 34.2 Å². The van der Waals surface area contributed by atoms with Gasteiger partial charge in [-0.05, 0) is 35.5 Å². The second-order valence-corrected chi connectivity index (χ2v) is 7.15. The number of carbonyl (C=O) groups is 2. The minimum absolute atomic E-state index is 0.0282. The number of amides is 2. The van der Waals surface area contributed by atoms with Gasteiger partial charge < -0.3 is 15.6 Å². The molecule has 10 heteroatoms. The van der Waals surface area contributed by atoms with Gasteiger partial charge in [-0.25, -0.2) is 9.97 Å². The van der Waals surface area contributed by atoms with E-state index in [0.717, 1.165) is 16.7 Å². The number of rotatable bonds is 4. The van der Waals surface area contributed by atoms with Gasteiger partial charge in [0.1, 0.15) is 6.61 Å². The molecule has 134 valence electrons. The lowest BCUT2D eigenvalue weighted by atomic mass is 10.2. The highest BCUT2D eigenvalue weighted by molar-refractivity contribution is 9.10. The quantitative estimate of drug-likeness (QED) is 0.701. The highest BCUT2D eigenvalue weighted by Gasteiger charge is 2.32. The Bertz CT molecular complexity index is 917. The highest BCUT2D eigenvalue weighted by Crippen LogP contribution is 2.37. The van der Waals surface area contributed by atoms with Gasteiger partial charge in [0.15, 0.2) is 17.3 Å². The lowest BCUT2D eigenvalue weighted by Gasteiger charge is -2.10. The van der Waals surface area contributed by atoms with Crippen molar-refractivity contribution in [2.24, 2.45) is 0 Å². The number of benzene rings is 1. The van der Waals surface area contributed by atoms with E-state index in [1.165, 1.54) is 25.5 Å². The number of aromatic nitrogens is 2. The number of aromatic hydroxyl groups is 1. The molecule has 0 saturated carbocycles. The molecule has 2 amide bonds. The van der Waals surface area contributed by atoms with E-state index in [1.54, 1.807) is 12.1 Å². The molecule has 0 radical (unpaired) electrons. The Morgan fingerprint density at radius 1 is 1.35 bits per heavy atom. The molecule has 2 heterocycles. The number of nitrogens with zero attached hydrogens (tertiary/aromatic N) is 3. The molecular formula is C16H13BrN4O4S. The van der Waals surface area contributed by atoms with Gasteiger partial charge in [0.05, 0.1) is 23.0 Å². The molecule has 1 aliphatic heterocycles. The van der Waals surface area contributed by atoms with E-state index >= 15 is 0 Å². The summed E-state index contributed by atoms with van der Waals surface area (Å²) < 4.78 is 6.11. The van der Waals surface area contributed by atoms with Crippen molar-refractivity contribution in [3.63, 3.8) is 0 Å². The van der Waals surface area contributed by atoms with E-state index in [0.29, 0.717) is 21.5 Å². The Morgan fingerprint density at radius 3 is 2.65 bits per heavy atom. The van der Waals surface area contributed by atoms with Crippen LogP contribution >= 0.6 is 27.7 Å². The van der Waals surface area contributed by atoms with E-state index < -0.39 is 0 Å². The number of nitrogen functional groups attached to an aromatic ring is 1. The molecular weight excluding hydrogens is 424 g/mol. The average Bonchev–Trinajstić information content (AvgIpc) is 2.84. The van der Waals surface area contributed by atoms with E-state index in [2.05, 4.69) is 25.9 Å². The number of halogens is 1. The van der Waals surface area contributed by atoms with Crippen molar-refractivity contribution in [3.05, 3.63) is 45.3 Å². The zero-order chi connectivity index (χ0) is 18.8. The van der Waals surface area contributed by atoms with Crippen LogP contribution in [0.1, 0.15) is 11.4 Å². The fourth-order valence-electron chi connectivity index (χ4n) is 2.05. The van der Waals surface area contributed by atoms with Crippen molar-refractivity contribution in [1.29, 1.82) is 0 Å². The Kier molecular flexibility index (Phi) is 5.14. The number of ether oxygens (including phenoxy) is 1. The molecule has 3 N–H and O–H groups in total. The molecule has 2 aromatic rings. The van der Waals surface area contributed by atoms with Crippen LogP contribution in [-0.2, 0) is 11.4 Å². The molecule has 8 nitrogen and oxygen atoms in total. The van der Waals surface area contributed by atoms with Crippen LogP contribution < -0.4 is 10.5 Å². The smallest absolute Gasteiger partial charge is 0.293 e. The Balaban J connectivity index is 1.84. The third-order valence-corrected chi connectivity index (χ3v) is 5.08. The zero-order valence-electron chi connectivity index (χ0n) is 13.5. The van der Waals surface area contributed by atoms with Crippen LogP contribution in [0.15, 0.2) is 33.9 Å². The summed E-state index contributed by atoms with van der Waals surface area (Å²) in [7, 11) is 1.42. The van der Waals surface area contributed by atoms with Gasteiger partial charge >= 0.3 is 0 Å². The first-order valence-corrected chi connectivity index (χ1v) is 8.89. The number of likely N-dealkylation sites (N-methyl/N-ethyl adjacent to an activating group) is 1. The van der Waals surface area contributed by atoms with Crippen molar-refractivity contribution in [3.8, 4) is 11.5 Å². The number of phenolic OH excluding ortho intramolecular Hbond substituents is 1. The first-order valence-electron chi connectivity index (χ1n) is 7.28. The first kappa shape index (κ1) is 18.2. The summed E-state index contributed by atoms with van der Waals surface area (Å²) >= 11 is 4.17. The van der Waals surface area contributed by atoms with Crippen molar-refractivity contribution in [1.82, 2.24) is 14.9 Å². The Labute approximate surface area is 161 Å². The minimum atomic E-state index is -0.377. The molecule has 0 atom stereocenters. The maximum absolute atomic E-state index is 12.0. The fourth-order valence-corrected chi connectivity index (χ4v) is 3.32. The van der Waals surface area contributed by atoms with Crippen LogP contribution in [0.25, 0.3) is 6.08 Å². The molecule has 0 aliphatic carbocycles. The molecule has 0 bridgehead atoms.